The molecular weight excluding hydrogens is 282 g/mol. The summed E-state index contributed by atoms with van der Waals surface area (Å²) in [5.41, 5.74) is 0.975. The molecule has 0 unspecified atom stereocenters. The molecule has 0 aliphatic carbocycles. The monoisotopic (exact) mass is 299 g/mol. The molecule has 2 rings (SSSR count). The summed E-state index contributed by atoms with van der Waals surface area (Å²) in [4.78, 5) is 0. The van der Waals surface area contributed by atoms with Gasteiger partial charge in [-0.2, -0.15) is 0 Å². The van der Waals surface area contributed by atoms with Gasteiger partial charge in [0.15, 0.2) is 0 Å². The Morgan fingerprint density at radius 1 is 1.41 bits per heavy atom. The second kappa shape index (κ2) is 5.74. The van der Waals surface area contributed by atoms with Gasteiger partial charge in [-0.05, 0) is 71.9 Å². The molecule has 0 atom stereocenters. The Balaban J connectivity index is 2.15. The second-order valence-corrected chi connectivity index (χ2v) is 5.37. The number of rotatable bonds is 3. The van der Waals surface area contributed by atoms with E-state index in [-0.39, 0.29) is 0 Å². The van der Waals surface area contributed by atoms with Gasteiger partial charge in [-0.1, -0.05) is 0 Å². The van der Waals surface area contributed by atoms with Gasteiger partial charge in [-0.25, -0.2) is 0 Å². The van der Waals surface area contributed by atoms with E-state index in [0.29, 0.717) is 16.1 Å². The van der Waals surface area contributed by atoms with Gasteiger partial charge in [0.25, 0.3) is 0 Å². The molecule has 1 aliphatic rings. The Morgan fingerprint density at radius 3 is 2.76 bits per heavy atom. The predicted octanol–water partition coefficient (Wildman–Crippen LogP) is 2.71. The minimum atomic E-state index is 0.351. The highest BCUT2D eigenvalue weighted by Gasteiger charge is 2.17. The molecule has 94 valence electrons. The molecule has 0 saturated carbocycles. The van der Waals surface area contributed by atoms with Gasteiger partial charge in [-0.3, -0.25) is 0 Å². The molecule has 17 heavy (non-hydrogen) atoms. The number of nitrogens with one attached hydrogen (secondary N) is 1. The van der Waals surface area contributed by atoms with Crippen LogP contribution in [0.3, 0.4) is 0 Å². The third-order valence-electron chi connectivity index (χ3n) is 3.32. The van der Waals surface area contributed by atoms with E-state index in [2.05, 4.69) is 21.2 Å². The van der Waals surface area contributed by atoms with Crippen LogP contribution >= 0.6 is 15.9 Å². The lowest BCUT2D eigenvalue weighted by atomic mass is 9.90. The minimum Gasteiger partial charge on any atom is -0.506 e. The number of methoxy groups -OCH3 is 1. The van der Waals surface area contributed by atoms with Crippen LogP contribution in [0.5, 0.6) is 11.5 Å². The number of phenolic OH excluding ortho intramolecular Hbond substituents is 1. The molecule has 2 N–H and O–H groups in total. The van der Waals surface area contributed by atoms with Crippen molar-refractivity contribution in [2.24, 2.45) is 5.92 Å². The number of ether oxygens (including phenoxy) is 1. The fourth-order valence-electron chi connectivity index (χ4n) is 2.30. The van der Waals surface area contributed by atoms with Crippen molar-refractivity contribution in [3.8, 4) is 11.5 Å². The second-order valence-electron chi connectivity index (χ2n) is 4.51. The molecule has 1 aromatic carbocycles. The summed E-state index contributed by atoms with van der Waals surface area (Å²) in [6, 6.07) is 3.73. The number of piperidine rings is 1. The zero-order valence-electron chi connectivity index (χ0n) is 10.0. The minimum absolute atomic E-state index is 0.351. The van der Waals surface area contributed by atoms with Crippen molar-refractivity contribution in [1.82, 2.24) is 5.32 Å². The average Bonchev–Trinajstić information content (AvgIpc) is 2.36. The van der Waals surface area contributed by atoms with Gasteiger partial charge in [-0.15, -0.1) is 0 Å². The fraction of sp³-hybridized carbons (Fsp3) is 0.538. The summed E-state index contributed by atoms with van der Waals surface area (Å²) < 4.78 is 5.94. The standard InChI is InChI=1S/C13H18BrNO2/c1-17-11-7-10(13(16)12(14)8-11)6-9-2-4-15-5-3-9/h7-9,15-16H,2-6H2,1H3. The van der Waals surface area contributed by atoms with E-state index in [1.165, 1.54) is 12.8 Å². The highest BCUT2D eigenvalue weighted by molar-refractivity contribution is 9.10. The number of benzene rings is 1. The molecule has 1 aromatic rings. The zero-order chi connectivity index (χ0) is 12.3. The Bertz CT molecular complexity index is 389. The van der Waals surface area contributed by atoms with Crippen LogP contribution in [-0.4, -0.2) is 25.3 Å². The van der Waals surface area contributed by atoms with Crippen LogP contribution in [0.25, 0.3) is 0 Å². The average molecular weight is 300 g/mol. The highest BCUT2D eigenvalue weighted by atomic mass is 79.9. The van der Waals surface area contributed by atoms with E-state index in [1.807, 2.05) is 6.07 Å². The summed E-state index contributed by atoms with van der Waals surface area (Å²) in [5, 5.41) is 13.4. The lowest BCUT2D eigenvalue weighted by molar-refractivity contribution is 0.364. The first-order valence-electron chi connectivity index (χ1n) is 5.97. The first kappa shape index (κ1) is 12.7. The first-order valence-corrected chi connectivity index (χ1v) is 6.76. The van der Waals surface area contributed by atoms with Crippen molar-refractivity contribution < 1.29 is 9.84 Å². The lowest BCUT2D eigenvalue weighted by Gasteiger charge is -2.23. The molecule has 0 radical (unpaired) electrons. The lowest BCUT2D eigenvalue weighted by Crippen LogP contribution is -2.28. The van der Waals surface area contributed by atoms with Crippen LogP contribution < -0.4 is 10.1 Å². The molecule has 0 spiro atoms. The molecule has 0 bridgehead atoms. The Labute approximate surface area is 110 Å². The molecule has 0 amide bonds. The maximum absolute atomic E-state index is 10.0. The Kier molecular flexibility index (Phi) is 4.29. The Morgan fingerprint density at radius 2 is 2.12 bits per heavy atom. The van der Waals surface area contributed by atoms with Gasteiger partial charge < -0.3 is 15.2 Å². The van der Waals surface area contributed by atoms with Crippen LogP contribution in [0, 0.1) is 5.92 Å². The molecule has 1 aliphatic heterocycles. The fourth-order valence-corrected chi connectivity index (χ4v) is 2.78. The molecular formula is C13H18BrNO2. The summed E-state index contributed by atoms with van der Waals surface area (Å²) in [6.45, 7) is 2.16. The third-order valence-corrected chi connectivity index (χ3v) is 3.92. The van der Waals surface area contributed by atoms with E-state index < -0.39 is 0 Å². The molecule has 1 heterocycles. The van der Waals surface area contributed by atoms with Crippen LogP contribution in [0.4, 0.5) is 0 Å². The quantitative estimate of drug-likeness (QED) is 0.902. The van der Waals surface area contributed by atoms with E-state index >= 15 is 0 Å². The van der Waals surface area contributed by atoms with Crippen molar-refractivity contribution in [2.75, 3.05) is 20.2 Å². The maximum atomic E-state index is 10.0. The van der Waals surface area contributed by atoms with Crippen LogP contribution in [0.2, 0.25) is 0 Å². The number of hydrogen-bond donors (Lipinski definition) is 2. The number of aromatic hydroxyl groups is 1. The normalized spacial score (nSPS) is 17.1. The van der Waals surface area contributed by atoms with Gasteiger partial charge in [0, 0.05) is 0 Å². The molecule has 3 nitrogen and oxygen atoms in total. The number of halogens is 1. The van der Waals surface area contributed by atoms with Crippen LogP contribution in [0.15, 0.2) is 16.6 Å². The van der Waals surface area contributed by atoms with E-state index in [0.717, 1.165) is 30.8 Å². The zero-order valence-corrected chi connectivity index (χ0v) is 11.6. The molecule has 1 fully saturated rings. The predicted molar refractivity (Wildman–Crippen MR) is 71.7 cm³/mol. The summed E-state index contributed by atoms with van der Waals surface area (Å²) >= 11 is 3.36. The topological polar surface area (TPSA) is 41.5 Å². The van der Waals surface area contributed by atoms with Crippen molar-refractivity contribution in [2.45, 2.75) is 19.3 Å². The first-order chi connectivity index (χ1) is 8.20. The summed E-state index contributed by atoms with van der Waals surface area (Å²) in [5.74, 6) is 1.80. The van der Waals surface area contributed by atoms with Gasteiger partial charge in [0.05, 0.1) is 11.6 Å². The largest absolute Gasteiger partial charge is 0.506 e. The van der Waals surface area contributed by atoms with Gasteiger partial charge in [0.2, 0.25) is 0 Å². The van der Waals surface area contributed by atoms with Gasteiger partial charge in [0.1, 0.15) is 11.5 Å². The van der Waals surface area contributed by atoms with Crippen molar-refractivity contribution >= 4 is 15.9 Å². The van der Waals surface area contributed by atoms with Crippen molar-refractivity contribution in [1.29, 1.82) is 0 Å². The van der Waals surface area contributed by atoms with E-state index in [1.54, 1.807) is 13.2 Å². The molecule has 0 aromatic heterocycles. The number of phenols is 1. The van der Waals surface area contributed by atoms with Crippen molar-refractivity contribution in [3.05, 3.63) is 22.2 Å². The Hall–Kier alpha value is -0.740. The summed E-state index contributed by atoms with van der Waals surface area (Å²) in [6.07, 6.45) is 3.27. The van der Waals surface area contributed by atoms with E-state index in [9.17, 15) is 5.11 Å². The molecule has 1 saturated heterocycles. The SMILES string of the molecule is COc1cc(Br)c(O)c(CC2CCNCC2)c1. The van der Waals surface area contributed by atoms with Crippen LogP contribution in [-0.2, 0) is 6.42 Å². The summed E-state index contributed by atoms with van der Waals surface area (Å²) in [7, 11) is 1.65. The smallest absolute Gasteiger partial charge is 0.133 e. The molecule has 4 heteroatoms. The third kappa shape index (κ3) is 3.13. The maximum Gasteiger partial charge on any atom is 0.133 e. The highest BCUT2D eigenvalue weighted by Crippen LogP contribution is 2.35. The van der Waals surface area contributed by atoms with Crippen molar-refractivity contribution in [3.63, 3.8) is 0 Å². The van der Waals surface area contributed by atoms with E-state index in [4.69, 9.17) is 4.74 Å². The van der Waals surface area contributed by atoms with Gasteiger partial charge >= 0.3 is 0 Å². The number of hydrogen-bond acceptors (Lipinski definition) is 3. The van der Waals surface area contributed by atoms with Crippen LogP contribution in [0.1, 0.15) is 18.4 Å².